The molecular formula is C15H21NO. The van der Waals surface area contributed by atoms with Crippen LogP contribution in [0.3, 0.4) is 0 Å². The van der Waals surface area contributed by atoms with E-state index in [1.54, 1.807) is 0 Å². The highest BCUT2D eigenvalue weighted by Gasteiger charge is 2.27. The second kappa shape index (κ2) is 4.69. The molecule has 1 aromatic rings. The lowest BCUT2D eigenvalue weighted by atomic mass is 9.89. The molecule has 2 atom stereocenters. The van der Waals surface area contributed by atoms with Gasteiger partial charge in [0.1, 0.15) is 5.75 Å². The third kappa shape index (κ3) is 2.47. The summed E-state index contributed by atoms with van der Waals surface area (Å²) in [6.07, 6.45) is 6.85. The molecule has 2 aliphatic carbocycles. The van der Waals surface area contributed by atoms with Gasteiger partial charge in [0.05, 0.1) is 6.10 Å². The average molecular weight is 231 g/mol. The van der Waals surface area contributed by atoms with Gasteiger partial charge in [-0.05, 0) is 61.8 Å². The molecule has 1 aromatic carbocycles. The highest BCUT2D eigenvalue weighted by atomic mass is 16.5. The summed E-state index contributed by atoms with van der Waals surface area (Å²) in [5, 5.41) is 0. The number of benzene rings is 1. The second-order valence-corrected chi connectivity index (χ2v) is 5.42. The van der Waals surface area contributed by atoms with E-state index < -0.39 is 0 Å². The van der Waals surface area contributed by atoms with Crippen LogP contribution in [0.5, 0.6) is 5.75 Å². The number of hydrogen-bond acceptors (Lipinski definition) is 2. The van der Waals surface area contributed by atoms with Crippen molar-refractivity contribution < 1.29 is 4.74 Å². The van der Waals surface area contributed by atoms with Crippen LogP contribution in [0.4, 0.5) is 0 Å². The zero-order valence-electron chi connectivity index (χ0n) is 10.3. The normalized spacial score (nSPS) is 28.3. The van der Waals surface area contributed by atoms with Gasteiger partial charge in [-0.25, -0.2) is 0 Å². The van der Waals surface area contributed by atoms with E-state index in [1.165, 1.54) is 37.7 Å². The molecule has 0 heterocycles. The minimum absolute atomic E-state index is 0.490. The standard InChI is InChI=1S/C15H21NO/c16-10-12-2-1-3-15(12)11-4-6-13(7-5-11)17-14-8-9-14/h4-7,12,14-15H,1-3,8-10,16H2. The van der Waals surface area contributed by atoms with Gasteiger partial charge in [-0.2, -0.15) is 0 Å². The van der Waals surface area contributed by atoms with Crippen molar-refractivity contribution in [3.63, 3.8) is 0 Å². The van der Waals surface area contributed by atoms with Crippen LogP contribution >= 0.6 is 0 Å². The number of ether oxygens (including phenoxy) is 1. The molecule has 0 spiro atoms. The summed E-state index contributed by atoms with van der Waals surface area (Å²) in [5.41, 5.74) is 7.29. The van der Waals surface area contributed by atoms with E-state index in [0.29, 0.717) is 17.9 Å². The highest BCUT2D eigenvalue weighted by Crippen LogP contribution is 2.39. The van der Waals surface area contributed by atoms with Gasteiger partial charge in [0.2, 0.25) is 0 Å². The van der Waals surface area contributed by atoms with E-state index in [1.807, 2.05) is 0 Å². The van der Waals surface area contributed by atoms with Crippen molar-refractivity contribution in [2.24, 2.45) is 11.7 Å². The molecule has 0 radical (unpaired) electrons. The summed E-state index contributed by atoms with van der Waals surface area (Å²) < 4.78 is 5.77. The minimum Gasteiger partial charge on any atom is -0.490 e. The fourth-order valence-electron chi connectivity index (χ4n) is 2.93. The first-order chi connectivity index (χ1) is 8.36. The van der Waals surface area contributed by atoms with E-state index in [-0.39, 0.29) is 0 Å². The predicted octanol–water partition coefficient (Wildman–Crippen LogP) is 3.07. The van der Waals surface area contributed by atoms with E-state index in [0.717, 1.165) is 12.3 Å². The molecule has 2 nitrogen and oxygen atoms in total. The number of hydrogen-bond donors (Lipinski definition) is 1. The predicted molar refractivity (Wildman–Crippen MR) is 69.2 cm³/mol. The van der Waals surface area contributed by atoms with Crippen molar-refractivity contribution >= 4 is 0 Å². The quantitative estimate of drug-likeness (QED) is 0.864. The van der Waals surface area contributed by atoms with Crippen molar-refractivity contribution in [3.8, 4) is 5.75 Å². The van der Waals surface area contributed by atoms with Crippen LogP contribution in [-0.2, 0) is 0 Å². The van der Waals surface area contributed by atoms with Gasteiger partial charge < -0.3 is 10.5 Å². The molecule has 0 saturated heterocycles. The Bertz CT molecular complexity index is 369. The Balaban J connectivity index is 1.69. The Hall–Kier alpha value is -1.02. The van der Waals surface area contributed by atoms with Crippen molar-refractivity contribution in [2.45, 2.75) is 44.1 Å². The van der Waals surface area contributed by atoms with Crippen LogP contribution in [0.15, 0.2) is 24.3 Å². The van der Waals surface area contributed by atoms with Crippen LogP contribution in [0.1, 0.15) is 43.6 Å². The number of rotatable bonds is 4. The lowest BCUT2D eigenvalue weighted by molar-refractivity contribution is 0.303. The zero-order valence-corrected chi connectivity index (χ0v) is 10.3. The van der Waals surface area contributed by atoms with Gasteiger partial charge in [-0.1, -0.05) is 18.6 Å². The van der Waals surface area contributed by atoms with E-state index in [9.17, 15) is 0 Å². The summed E-state index contributed by atoms with van der Waals surface area (Å²) in [6.45, 7) is 0.824. The van der Waals surface area contributed by atoms with Crippen molar-refractivity contribution in [1.29, 1.82) is 0 Å². The number of nitrogens with two attached hydrogens (primary N) is 1. The Morgan fingerprint density at radius 2 is 1.82 bits per heavy atom. The molecule has 2 N–H and O–H groups in total. The maximum absolute atomic E-state index is 5.84. The fraction of sp³-hybridized carbons (Fsp3) is 0.600. The first-order valence-electron chi connectivity index (χ1n) is 6.83. The van der Waals surface area contributed by atoms with Gasteiger partial charge >= 0.3 is 0 Å². The summed E-state index contributed by atoms with van der Waals surface area (Å²) in [7, 11) is 0. The molecule has 0 bridgehead atoms. The highest BCUT2D eigenvalue weighted by molar-refractivity contribution is 5.30. The molecule has 0 aromatic heterocycles. The molecule has 92 valence electrons. The van der Waals surface area contributed by atoms with E-state index in [2.05, 4.69) is 24.3 Å². The molecule has 2 saturated carbocycles. The summed E-state index contributed by atoms with van der Waals surface area (Å²) in [6, 6.07) is 8.71. The molecular weight excluding hydrogens is 210 g/mol. The van der Waals surface area contributed by atoms with Crippen LogP contribution in [-0.4, -0.2) is 12.6 Å². The lowest BCUT2D eigenvalue weighted by Crippen LogP contribution is -2.17. The van der Waals surface area contributed by atoms with Crippen LogP contribution in [0.2, 0.25) is 0 Å². The molecule has 17 heavy (non-hydrogen) atoms. The van der Waals surface area contributed by atoms with E-state index >= 15 is 0 Å². The molecule has 2 unspecified atom stereocenters. The third-order valence-electron chi connectivity index (χ3n) is 4.10. The SMILES string of the molecule is NCC1CCCC1c1ccc(OC2CC2)cc1. The van der Waals surface area contributed by atoms with Crippen LogP contribution < -0.4 is 10.5 Å². The first-order valence-corrected chi connectivity index (χ1v) is 6.83. The van der Waals surface area contributed by atoms with Crippen molar-refractivity contribution in [1.82, 2.24) is 0 Å². The summed E-state index contributed by atoms with van der Waals surface area (Å²) in [4.78, 5) is 0. The van der Waals surface area contributed by atoms with Crippen molar-refractivity contribution in [2.75, 3.05) is 6.54 Å². The summed E-state index contributed by atoms with van der Waals surface area (Å²) >= 11 is 0. The summed E-state index contributed by atoms with van der Waals surface area (Å²) in [5.74, 6) is 2.39. The maximum Gasteiger partial charge on any atom is 0.119 e. The van der Waals surface area contributed by atoms with Gasteiger partial charge in [0.15, 0.2) is 0 Å². The molecule has 3 rings (SSSR count). The van der Waals surface area contributed by atoms with Crippen molar-refractivity contribution in [3.05, 3.63) is 29.8 Å². The van der Waals surface area contributed by atoms with Crippen LogP contribution in [0.25, 0.3) is 0 Å². The molecule has 2 heteroatoms. The van der Waals surface area contributed by atoms with Crippen LogP contribution in [0, 0.1) is 5.92 Å². The Morgan fingerprint density at radius 1 is 1.06 bits per heavy atom. The molecule has 0 aliphatic heterocycles. The Kier molecular flexibility index (Phi) is 3.06. The fourth-order valence-corrected chi connectivity index (χ4v) is 2.93. The molecule has 2 aliphatic rings. The monoisotopic (exact) mass is 231 g/mol. The Labute approximate surface area is 103 Å². The van der Waals surface area contributed by atoms with E-state index in [4.69, 9.17) is 10.5 Å². The van der Waals surface area contributed by atoms with Gasteiger partial charge in [0.25, 0.3) is 0 Å². The topological polar surface area (TPSA) is 35.2 Å². The lowest BCUT2D eigenvalue weighted by Gasteiger charge is -2.18. The van der Waals surface area contributed by atoms with Gasteiger partial charge in [-0.3, -0.25) is 0 Å². The first kappa shape index (κ1) is 11.1. The molecule has 2 fully saturated rings. The smallest absolute Gasteiger partial charge is 0.119 e. The maximum atomic E-state index is 5.84. The Morgan fingerprint density at radius 3 is 2.47 bits per heavy atom. The average Bonchev–Trinajstić information content (AvgIpc) is 3.05. The van der Waals surface area contributed by atoms with Gasteiger partial charge in [-0.15, -0.1) is 0 Å². The minimum atomic E-state index is 0.490. The molecule has 0 amide bonds. The largest absolute Gasteiger partial charge is 0.490 e. The zero-order chi connectivity index (χ0) is 11.7. The van der Waals surface area contributed by atoms with Gasteiger partial charge in [0, 0.05) is 0 Å². The third-order valence-corrected chi connectivity index (χ3v) is 4.10. The second-order valence-electron chi connectivity index (χ2n) is 5.42.